The van der Waals surface area contributed by atoms with E-state index in [1.807, 2.05) is 20.9 Å². The van der Waals surface area contributed by atoms with Gasteiger partial charge < -0.3 is 10.6 Å². The first-order chi connectivity index (χ1) is 9.01. The van der Waals surface area contributed by atoms with E-state index in [4.69, 9.17) is 12.2 Å². The van der Waals surface area contributed by atoms with Gasteiger partial charge in [-0.3, -0.25) is 9.48 Å². The Morgan fingerprint density at radius 1 is 1.63 bits per heavy atom. The number of anilines is 1. The number of hydrogen-bond donors (Lipinski definition) is 1. The van der Waals surface area contributed by atoms with E-state index in [9.17, 15) is 4.79 Å². The summed E-state index contributed by atoms with van der Waals surface area (Å²) in [5.74, 6) is 2.38. The third-order valence-corrected chi connectivity index (χ3v) is 4.29. The summed E-state index contributed by atoms with van der Waals surface area (Å²) in [6, 6.07) is 0. The van der Waals surface area contributed by atoms with Gasteiger partial charge in [0.1, 0.15) is 9.71 Å². The highest BCUT2D eigenvalue weighted by molar-refractivity contribution is 7.21. The summed E-state index contributed by atoms with van der Waals surface area (Å²) >= 11 is 1.36. The minimum atomic E-state index is -0.112. The Morgan fingerprint density at radius 3 is 2.84 bits per heavy atom. The third-order valence-electron chi connectivity index (χ3n) is 3.03. The van der Waals surface area contributed by atoms with Crippen LogP contribution in [-0.4, -0.2) is 33.7 Å². The van der Waals surface area contributed by atoms with Gasteiger partial charge in [0.25, 0.3) is 5.91 Å². The first kappa shape index (κ1) is 13.4. The molecule has 2 aromatic rings. The second-order valence-electron chi connectivity index (χ2n) is 4.26. The summed E-state index contributed by atoms with van der Waals surface area (Å²) in [4.78, 5) is 15.5. The quantitative estimate of drug-likeness (QED) is 0.866. The molecule has 19 heavy (non-hydrogen) atoms. The molecule has 0 spiro atoms. The predicted molar refractivity (Wildman–Crippen MR) is 78.2 cm³/mol. The van der Waals surface area contributed by atoms with Gasteiger partial charge >= 0.3 is 0 Å². The van der Waals surface area contributed by atoms with Gasteiger partial charge in [0.15, 0.2) is 0 Å². The van der Waals surface area contributed by atoms with Crippen LogP contribution in [-0.2, 0) is 7.05 Å². The minimum Gasteiger partial charge on any atom is -0.397 e. The number of nitrogens with zero attached hydrogens (tertiary/aromatic N) is 3. The van der Waals surface area contributed by atoms with Crippen LogP contribution in [0.5, 0.6) is 0 Å². The summed E-state index contributed by atoms with van der Waals surface area (Å²) in [6.07, 6.45) is 5.28. The Bertz CT molecular complexity index is 677. The largest absolute Gasteiger partial charge is 0.397 e. The lowest BCUT2D eigenvalue weighted by atomic mass is 10.2. The van der Waals surface area contributed by atoms with Crippen LogP contribution in [0, 0.1) is 19.3 Å². The number of thiophene rings is 1. The second-order valence-corrected chi connectivity index (χ2v) is 5.26. The van der Waals surface area contributed by atoms with Crippen molar-refractivity contribution < 1.29 is 4.79 Å². The summed E-state index contributed by atoms with van der Waals surface area (Å²) < 4.78 is 1.75. The lowest BCUT2D eigenvalue weighted by molar-refractivity contribution is 0.0790. The smallest absolute Gasteiger partial charge is 0.266 e. The lowest BCUT2D eigenvalue weighted by Crippen LogP contribution is -2.31. The fourth-order valence-electron chi connectivity index (χ4n) is 2.07. The highest BCUT2D eigenvalue weighted by atomic mass is 32.1. The Hall–Kier alpha value is -2.00. The molecule has 2 rings (SSSR count). The number of amides is 1. The van der Waals surface area contributed by atoms with Gasteiger partial charge in [-0.05, 0) is 13.8 Å². The maximum atomic E-state index is 12.4. The molecule has 0 aromatic carbocycles. The molecule has 1 amide bonds. The number of nitrogen functional groups attached to an aromatic ring is 1. The van der Waals surface area contributed by atoms with Crippen LogP contribution >= 0.6 is 11.3 Å². The Morgan fingerprint density at radius 2 is 2.32 bits per heavy atom. The standard InChI is InChI=1S/C13H16N4OS/c1-5-7-17(6-2)12(18)11-10(14)9-8(3)15-16(4)13(9)19-11/h1H,6-7,14H2,2-4H3. The van der Waals surface area contributed by atoms with Crippen molar-refractivity contribution in [2.24, 2.45) is 7.05 Å². The van der Waals surface area contributed by atoms with Crippen LogP contribution in [0.4, 0.5) is 5.69 Å². The molecule has 0 radical (unpaired) electrons. The van der Waals surface area contributed by atoms with E-state index in [-0.39, 0.29) is 5.91 Å². The zero-order chi connectivity index (χ0) is 14.2. The molecule has 100 valence electrons. The molecular formula is C13H16N4OS. The van der Waals surface area contributed by atoms with Crippen LogP contribution in [0.15, 0.2) is 0 Å². The molecule has 0 atom stereocenters. The molecule has 2 aromatic heterocycles. The normalized spacial score (nSPS) is 10.6. The number of nitrogens with two attached hydrogens (primary N) is 1. The van der Waals surface area contributed by atoms with Crippen LogP contribution in [0.3, 0.4) is 0 Å². The second kappa shape index (κ2) is 4.94. The monoisotopic (exact) mass is 276 g/mol. The van der Waals surface area contributed by atoms with Gasteiger partial charge in [0.05, 0.1) is 23.3 Å². The van der Waals surface area contributed by atoms with Gasteiger partial charge in [-0.1, -0.05) is 5.92 Å². The van der Waals surface area contributed by atoms with Crippen molar-refractivity contribution in [3.05, 3.63) is 10.6 Å². The van der Waals surface area contributed by atoms with Gasteiger partial charge in [-0.25, -0.2) is 0 Å². The number of aryl methyl sites for hydroxylation is 2. The molecule has 0 aliphatic heterocycles. The molecule has 0 saturated heterocycles. The van der Waals surface area contributed by atoms with Crippen molar-refractivity contribution in [2.75, 3.05) is 18.8 Å². The van der Waals surface area contributed by atoms with E-state index < -0.39 is 0 Å². The van der Waals surface area contributed by atoms with Crippen molar-refractivity contribution in [1.29, 1.82) is 0 Å². The molecule has 0 aliphatic rings. The van der Waals surface area contributed by atoms with E-state index in [0.29, 0.717) is 23.7 Å². The summed E-state index contributed by atoms with van der Waals surface area (Å²) in [5.41, 5.74) is 7.44. The van der Waals surface area contributed by atoms with E-state index in [1.165, 1.54) is 11.3 Å². The van der Waals surface area contributed by atoms with Crippen LogP contribution in [0.1, 0.15) is 22.3 Å². The number of rotatable bonds is 3. The Balaban J connectivity index is 2.52. The molecule has 0 aliphatic carbocycles. The van der Waals surface area contributed by atoms with E-state index in [2.05, 4.69) is 11.0 Å². The number of aromatic nitrogens is 2. The fraction of sp³-hybridized carbons (Fsp3) is 0.385. The first-order valence-corrected chi connectivity index (χ1v) is 6.77. The third kappa shape index (κ3) is 2.06. The zero-order valence-corrected chi connectivity index (χ0v) is 12.0. The van der Waals surface area contributed by atoms with Gasteiger partial charge in [0, 0.05) is 13.6 Å². The first-order valence-electron chi connectivity index (χ1n) is 5.95. The van der Waals surface area contributed by atoms with E-state index >= 15 is 0 Å². The molecule has 6 heteroatoms. The maximum Gasteiger partial charge on any atom is 0.266 e. The lowest BCUT2D eigenvalue weighted by Gasteiger charge is -2.17. The van der Waals surface area contributed by atoms with E-state index in [0.717, 1.165) is 15.9 Å². The number of terminal acetylenes is 1. The Labute approximate surface area is 116 Å². The highest BCUT2D eigenvalue weighted by Gasteiger charge is 2.23. The van der Waals surface area contributed by atoms with Gasteiger partial charge in [0.2, 0.25) is 0 Å². The molecule has 0 unspecified atom stereocenters. The summed E-state index contributed by atoms with van der Waals surface area (Å²) in [7, 11) is 1.85. The molecule has 5 nitrogen and oxygen atoms in total. The number of carbonyl (C=O) groups is 1. The van der Waals surface area contributed by atoms with Crippen molar-refractivity contribution in [3.63, 3.8) is 0 Å². The van der Waals surface area contributed by atoms with E-state index in [1.54, 1.807) is 9.58 Å². The summed E-state index contributed by atoms with van der Waals surface area (Å²) in [6.45, 7) is 4.64. The number of carbonyl (C=O) groups excluding carboxylic acids is 1. The molecule has 0 saturated carbocycles. The fourth-order valence-corrected chi connectivity index (χ4v) is 3.22. The van der Waals surface area contributed by atoms with Crippen molar-refractivity contribution >= 4 is 33.1 Å². The highest BCUT2D eigenvalue weighted by Crippen LogP contribution is 2.36. The molecule has 0 fully saturated rings. The van der Waals surface area contributed by atoms with Gasteiger partial charge in [-0.15, -0.1) is 17.8 Å². The Kier molecular flexibility index (Phi) is 3.49. The average Bonchev–Trinajstić information content (AvgIpc) is 2.85. The SMILES string of the molecule is C#CCN(CC)C(=O)c1sc2c(c(C)nn2C)c1N. The zero-order valence-electron chi connectivity index (χ0n) is 11.2. The van der Waals surface area contributed by atoms with Gasteiger partial charge in [-0.2, -0.15) is 5.10 Å². The van der Waals surface area contributed by atoms with Crippen molar-refractivity contribution in [2.45, 2.75) is 13.8 Å². The van der Waals surface area contributed by atoms with Crippen LogP contribution in [0.2, 0.25) is 0 Å². The van der Waals surface area contributed by atoms with Crippen molar-refractivity contribution in [1.82, 2.24) is 14.7 Å². The predicted octanol–water partition coefficient (Wildman–Crippen LogP) is 1.62. The number of hydrogen-bond acceptors (Lipinski definition) is 4. The topological polar surface area (TPSA) is 64.2 Å². The van der Waals surface area contributed by atoms with Crippen LogP contribution in [0.25, 0.3) is 10.2 Å². The summed E-state index contributed by atoms with van der Waals surface area (Å²) in [5, 5.41) is 5.17. The number of fused-ring (bicyclic) bond motifs is 1. The molecular weight excluding hydrogens is 260 g/mol. The van der Waals surface area contributed by atoms with Crippen LogP contribution < -0.4 is 5.73 Å². The molecule has 0 bridgehead atoms. The minimum absolute atomic E-state index is 0.112. The molecule has 2 N–H and O–H groups in total. The molecule has 2 heterocycles. The van der Waals surface area contributed by atoms with Crippen molar-refractivity contribution in [3.8, 4) is 12.3 Å². The average molecular weight is 276 g/mol. The maximum absolute atomic E-state index is 12.4.